The third-order valence-corrected chi connectivity index (χ3v) is 5.86. The molecule has 7 heteroatoms. The molecule has 2 amide bonds. The highest BCUT2D eigenvalue weighted by molar-refractivity contribution is 6.03. The molecule has 1 saturated heterocycles. The molecule has 3 aromatic rings. The highest BCUT2D eigenvalue weighted by atomic mass is 16.2. The minimum atomic E-state index is -0.314. The molecule has 2 aromatic carbocycles. The van der Waals surface area contributed by atoms with Gasteiger partial charge in [0, 0.05) is 58.8 Å². The molecule has 2 heterocycles. The van der Waals surface area contributed by atoms with Crippen LogP contribution in [0.1, 0.15) is 35.8 Å². The quantitative estimate of drug-likeness (QED) is 0.567. The average molecular weight is 458 g/mol. The Morgan fingerprint density at radius 3 is 2.44 bits per heavy atom. The van der Waals surface area contributed by atoms with Gasteiger partial charge in [-0.1, -0.05) is 30.3 Å². The van der Waals surface area contributed by atoms with Gasteiger partial charge in [0.15, 0.2) is 0 Å². The topological polar surface area (TPSA) is 78.4 Å². The van der Waals surface area contributed by atoms with Crippen LogP contribution in [0.5, 0.6) is 0 Å². The van der Waals surface area contributed by atoms with E-state index in [0.717, 1.165) is 31.6 Å². The number of hydrogen-bond donors (Lipinski definition) is 1. The fourth-order valence-corrected chi connectivity index (χ4v) is 3.88. The van der Waals surface area contributed by atoms with Crippen molar-refractivity contribution >= 4 is 17.5 Å². The molecule has 4 rings (SSSR count). The molecule has 1 fully saturated rings. The first-order valence-corrected chi connectivity index (χ1v) is 11.3. The molecule has 1 aliphatic rings. The molecule has 7 nitrogen and oxygen atoms in total. The van der Waals surface area contributed by atoms with E-state index in [-0.39, 0.29) is 20.4 Å². The van der Waals surface area contributed by atoms with Gasteiger partial charge in [-0.05, 0) is 31.2 Å². The Morgan fingerprint density at radius 2 is 1.76 bits per heavy atom. The summed E-state index contributed by atoms with van der Waals surface area (Å²) in [7, 11) is 0. The van der Waals surface area contributed by atoms with E-state index in [0.29, 0.717) is 35.7 Å². The average Bonchev–Trinajstić information content (AvgIpc) is 2.88. The summed E-state index contributed by atoms with van der Waals surface area (Å²) in [6, 6.07) is 16.5. The monoisotopic (exact) mass is 457 g/mol. The van der Waals surface area contributed by atoms with Crippen LogP contribution in [0.4, 0.5) is 5.69 Å². The molecule has 0 unspecified atom stereocenters. The number of nitrogens with one attached hydrogen (secondary N) is 1. The molecule has 0 atom stereocenters. The second-order valence-corrected chi connectivity index (χ2v) is 8.17. The van der Waals surface area contributed by atoms with E-state index in [1.807, 2.05) is 47.4 Å². The minimum absolute atomic E-state index is 0. The van der Waals surface area contributed by atoms with E-state index < -0.39 is 0 Å². The predicted molar refractivity (Wildman–Crippen MR) is 137 cm³/mol. The minimum Gasteiger partial charge on any atom is -0.336 e. The maximum absolute atomic E-state index is 12.9. The van der Waals surface area contributed by atoms with Gasteiger partial charge in [-0.15, -0.1) is 12.3 Å². The molecule has 0 saturated carbocycles. The first kappa shape index (κ1) is 23.1. The summed E-state index contributed by atoms with van der Waals surface area (Å²) in [5.74, 6) is 2.36. The van der Waals surface area contributed by atoms with E-state index in [1.54, 1.807) is 25.3 Å². The van der Waals surface area contributed by atoms with Crippen molar-refractivity contribution < 1.29 is 12.4 Å². The molecule has 1 N–H and O–H groups in total. The lowest BCUT2D eigenvalue weighted by atomic mass is 10.1. The second-order valence-electron chi connectivity index (χ2n) is 8.17. The summed E-state index contributed by atoms with van der Waals surface area (Å²) in [6.07, 6.45) is 7.71. The smallest absolute Gasteiger partial charge is 0.276 e. The lowest BCUT2D eigenvalue weighted by Gasteiger charge is -2.34. The number of rotatable bonds is 6. The number of aryl methyl sites for hydroxylation is 1. The number of terminal acetylenes is 1. The number of hydrogen-bond acceptors (Lipinski definition) is 5. The third-order valence-electron chi connectivity index (χ3n) is 5.86. The molecular formula is C27H31N5O2. The largest absolute Gasteiger partial charge is 0.336 e. The van der Waals surface area contributed by atoms with Gasteiger partial charge >= 0.3 is 0 Å². The van der Waals surface area contributed by atoms with Gasteiger partial charge in [-0.3, -0.25) is 19.5 Å². The number of benzene rings is 2. The van der Waals surface area contributed by atoms with E-state index in [9.17, 15) is 9.59 Å². The lowest BCUT2D eigenvalue weighted by molar-refractivity contribution is 0.0640. The Bertz CT molecular complexity index is 1210. The van der Waals surface area contributed by atoms with Gasteiger partial charge in [-0.2, -0.15) is 0 Å². The zero-order valence-electron chi connectivity index (χ0n) is 19.2. The number of amides is 2. The van der Waals surface area contributed by atoms with Crippen LogP contribution in [-0.2, 0) is 0 Å². The van der Waals surface area contributed by atoms with E-state index in [4.69, 9.17) is 6.42 Å². The predicted octanol–water partition coefficient (Wildman–Crippen LogP) is 3.98. The molecule has 0 radical (unpaired) electrons. The van der Waals surface area contributed by atoms with Crippen LogP contribution in [0.2, 0.25) is 0 Å². The molecule has 1 aromatic heterocycles. The van der Waals surface area contributed by atoms with Crippen molar-refractivity contribution in [1.82, 2.24) is 19.8 Å². The van der Waals surface area contributed by atoms with Crippen LogP contribution in [0, 0.1) is 19.3 Å². The first-order chi connectivity index (χ1) is 16.5. The molecule has 176 valence electrons. The van der Waals surface area contributed by atoms with E-state index in [1.165, 1.54) is 0 Å². The number of para-hydroxylation sites is 1. The molecule has 34 heavy (non-hydrogen) atoms. The number of anilines is 1. The standard InChI is InChI=1S/C27H27N5O2.2H2/c1-3-4-14-31-15-17-32(18-16-31)27(34)22-12-10-21(11-13-22)24-19-28-20(2)25(30-24)26(33)29-23-8-6-5-7-9-23;;/h1,5-13,19H,4,14-18H2,2H3,(H,29,33);2*1H. The highest BCUT2D eigenvalue weighted by Crippen LogP contribution is 2.20. The van der Waals surface area contributed by atoms with Gasteiger partial charge in [0.05, 0.1) is 17.6 Å². The van der Waals surface area contributed by atoms with Crippen molar-refractivity contribution in [2.75, 3.05) is 38.0 Å². The molecule has 1 aliphatic heterocycles. The maximum Gasteiger partial charge on any atom is 0.276 e. The fourth-order valence-electron chi connectivity index (χ4n) is 3.88. The summed E-state index contributed by atoms with van der Waals surface area (Å²) in [4.78, 5) is 38.7. The number of carbonyl (C=O) groups excluding carboxylic acids is 2. The Balaban J connectivity index is 0.00000228. The highest BCUT2D eigenvalue weighted by Gasteiger charge is 2.22. The van der Waals surface area contributed by atoms with Crippen LogP contribution in [0.15, 0.2) is 60.8 Å². The Morgan fingerprint density at radius 1 is 1.06 bits per heavy atom. The Hall–Kier alpha value is -4.02. The van der Waals surface area contributed by atoms with Crippen LogP contribution in [-0.4, -0.2) is 64.3 Å². The van der Waals surface area contributed by atoms with Crippen molar-refractivity contribution in [2.24, 2.45) is 0 Å². The van der Waals surface area contributed by atoms with Crippen molar-refractivity contribution in [2.45, 2.75) is 13.3 Å². The SMILES string of the molecule is C#CCCN1CCN(C(=O)c2ccc(-c3cnc(C)c(C(=O)Nc4ccccc4)n3)cc2)CC1.[HH].[HH]. The second kappa shape index (κ2) is 10.7. The van der Waals surface area contributed by atoms with Gasteiger partial charge in [0.1, 0.15) is 5.69 Å². The summed E-state index contributed by atoms with van der Waals surface area (Å²) in [6.45, 7) is 5.67. The Labute approximate surface area is 202 Å². The zero-order valence-corrected chi connectivity index (χ0v) is 19.2. The van der Waals surface area contributed by atoms with Gasteiger partial charge < -0.3 is 10.2 Å². The van der Waals surface area contributed by atoms with Crippen LogP contribution >= 0.6 is 0 Å². The normalized spacial score (nSPS) is 13.8. The third kappa shape index (κ3) is 5.48. The van der Waals surface area contributed by atoms with Crippen molar-refractivity contribution in [3.63, 3.8) is 0 Å². The lowest BCUT2D eigenvalue weighted by Crippen LogP contribution is -2.48. The fraction of sp³-hybridized carbons (Fsp3) is 0.259. The van der Waals surface area contributed by atoms with Gasteiger partial charge in [-0.25, -0.2) is 4.98 Å². The number of piperazine rings is 1. The van der Waals surface area contributed by atoms with Crippen LogP contribution in [0.3, 0.4) is 0 Å². The summed E-state index contributed by atoms with van der Waals surface area (Å²) in [5.41, 5.74) is 3.50. The zero-order chi connectivity index (χ0) is 23.9. The van der Waals surface area contributed by atoms with Crippen LogP contribution < -0.4 is 5.32 Å². The van der Waals surface area contributed by atoms with E-state index >= 15 is 0 Å². The first-order valence-electron chi connectivity index (χ1n) is 11.3. The number of carbonyl (C=O) groups is 2. The Kier molecular flexibility index (Phi) is 7.31. The van der Waals surface area contributed by atoms with Crippen molar-refractivity contribution in [3.05, 3.63) is 77.7 Å². The summed E-state index contributed by atoms with van der Waals surface area (Å²) >= 11 is 0. The molecular weight excluding hydrogens is 426 g/mol. The summed E-state index contributed by atoms with van der Waals surface area (Å²) < 4.78 is 0. The van der Waals surface area contributed by atoms with Crippen molar-refractivity contribution in [3.8, 4) is 23.6 Å². The molecule has 0 bridgehead atoms. The molecule has 0 aliphatic carbocycles. The number of aromatic nitrogens is 2. The van der Waals surface area contributed by atoms with Gasteiger partial charge in [0.2, 0.25) is 0 Å². The maximum atomic E-state index is 12.9. The molecule has 0 spiro atoms. The van der Waals surface area contributed by atoms with Crippen molar-refractivity contribution in [1.29, 1.82) is 0 Å². The van der Waals surface area contributed by atoms with Crippen LogP contribution in [0.25, 0.3) is 11.3 Å². The number of nitrogens with zero attached hydrogens (tertiary/aromatic N) is 4. The summed E-state index contributed by atoms with van der Waals surface area (Å²) in [5, 5.41) is 2.85. The van der Waals surface area contributed by atoms with Gasteiger partial charge in [0.25, 0.3) is 11.8 Å². The van der Waals surface area contributed by atoms with E-state index in [2.05, 4.69) is 26.1 Å².